The molecule has 5 heteroatoms. The highest BCUT2D eigenvalue weighted by atomic mass is 35.5. The first kappa shape index (κ1) is 13.8. The van der Waals surface area contributed by atoms with Gasteiger partial charge >= 0.3 is 0 Å². The van der Waals surface area contributed by atoms with Crippen LogP contribution in [0.1, 0.15) is 26.7 Å². The minimum absolute atomic E-state index is 0.138. The summed E-state index contributed by atoms with van der Waals surface area (Å²) >= 11 is 6.07. The molecule has 0 radical (unpaired) electrons. The number of carbonyl (C=O) groups is 1. The first-order chi connectivity index (χ1) is 8.07. The molecule has 0 heterocycles. The summed E-state index contributed by atoms with van der Waals surface area (Å²) < 4.78 is 0. The average Bonchev–Trinajstić information content (AvgIpc) is 2.26. The third kappa shape index (κ3) is 3.61. The van der Waals surface area contributed by atoms with Crippen LogP contribution in [0.3, 0.4) is 0 Å². The quantitative estimate of drug-likeness (QED) is 0.483. The van der Waals surface area contributed by atoms with Crippen LogP contribution in [0, 0.1) is 0 Å². The number of nitrogens with zero attached hydrogens (tertiary/aromatic N) is 1. The molecule has 0 unspecified atom stereocenters. The summed E-state index contributed by atoms with van der Waals surface area (Å²) in [4.78, 5) is 11.6. The number of benzene rings is 1. The van der Waals surface area contributed by atoms with Gasteiger partial charge in [-0.25, -0.2) is 10.4 Å². The SMILES string of the molecule is CCCCNN(C(C)=O)c1c(N)cccc1Cl. The molecular weight excluding hydrogens is 238 g/mol. The second kappa shape index (κ2) is 6.47. The van der Waals surface area contributed by atoms with Gasteiger partial charge in [0, 0.05) is 13.5 Å². The molecule has 94 valence electrons. The number of hydrogen-bond acceptors (Lipinski definition) is 3. The molecule has 0 fully saturated rings. The Morgan fingerprint density at radius 3 is 2.76 bits per heavy atom. The molecule has 0 aliphatic rings. The van der Waals surface area contributed by atoms with E-state index >= 15 is 0 Å². The molecule has 17 heavy (non-hydrogen) atoms. The standard InChI is InChI=1S/C12H18ClN3O/c1-3-4-8-15-16(9(2)17)12-10(13)6-5-7-11(12)14/h5-7,15H,3-4,8,14H2,1-2H3. The number of nitrogen functional groups attached to an aromatic ring is 1. The number of para-hydroxylation sites is 1. The Kier molecular flexibility index (Phi) is 5.25. The lowest BCUT2D eigenvalue weighted by Crippen LogP contribution is -2.42. The number of amides is 1. The molecule has 1 aromatic carbocycles. The van der Waals surface area contributed by atoms with Gasteiger partial charge < -0.3 is 5.73 Å². The zero-order chi connectivity index (χ0) is 12.8. The number of carbonyl (C=O) groups excluding carboxylic acids is 1. The van der Waals surface area contributed by atoms with E-state index in [0.717, 1.165) is 12.8 Å². The number of hydrogen-bond donors (Lipinski definition) is 2. The number of nitrogens with two attached hydrogens (primary N) is 1. The van der Waals surface area contributed by atoms with Crippen molar-refractivity contribution in [1.29, 1.82) is 0 Å². The van der Waals surface area contributed by atoms with Crippen LogP contribution in [0.15, 0.2) is 18.2 Å². The first-order valence-corrected chi connectivity index (χ1v) is 6.04. The Morgan fingerprint density at radius 2 is 2.24 bits per heavy atom. The Bertz CT molecular complexity index is 375. The second-order valence-corrected chi connectivity index (χ2v) is 4.20. The summed E-state index contributed by atoms with van der Waals surface area (Å²) in [5, 5.41) is 1.87. The zero-order valence-corrected chi connectivity index (χ0v) is 10.9. The highest BCUT2D eigenvalue weighted by Crippen LogP contribution is 2.30. The topological polar surface area (TPSA) is 58.4 Å². The normalized spacial score (nSPS) is 10.3. The lowest BCUT2D eigenvalue weighted by molar-refractivity contribution is -0.117. The maximum absolute atomic E-state index is 11.6. The number of halogens is 1. The molecule has 3 N–H and O–H groups in total. The van der Waals surface area contributed by atoms with E-state index in [9.17, 15) is 4.79 Å². The molecule has 0 aliphatic carbocycles. The number of hydrazine groups is 1. The molecule has 1 aromatic rings. The lowest BCUT2D eigenvalue weighted by Gasteiger charge is -2.24. The molecule has 0 saturated heterocycles. The van der Waals surface area contributed by atoms with E-state index in [1.165, 1.54) is 11.9 Å². The van der Waals surface area contributed by atoms with E-state index in [0.29, 0.717) is 22.9 Å². The van der Waals surface area contributed by atoms with Crippen LogP contribution in [0.2, 0.25) is 5.02 Å². The van der Waals surface area contributed by atoms with Crippen molar-refractivity contribution in [3.05, 3.63) is 23.2 Å². The van der Waals surface area contributed by atoms with Crippen LogP contribution in [0.4, 0.5) is 11.4 Å². The summed E-state index contributed by atoms with van der Waals surface area (Å²) in [7, 11) is 0. The van der Waals surface area contributed by atoms with E-state index in [4.69, 9.17) is 17.3 Å². The van der Waals surface area contributed by atoms with Crippen LogP contribution in [-0.4, -0.2) is 12.5 Å². The van der Waals surface area contributed by atoms with Crippen molar-refractivity contribution in [1.82, 2.24) is 5.43 Å². The largest absolute Gasteiger partial charge is 0.397 e. The van der Waals surface area contributed by atoms with Crippen LogP contribution in [-0.2, 0) is 4.79 Å². The van der Waals surface area contributed by atoms with Crippen molar-refractivity contribution in [2.45, 2.75) is 26.7 Å². The Morgan fingerprint density at radius 1 is 1.53 bits per heavy atom. The third-order valence-electron chi connectivity index (χ3n) is 2.36. The highest BCUT2D eigenvalue weighted by molar-refractivity contribution is 6.34. The molecular formula is C12H18ClN3O. The van der Waals surface area contributed by atoms with Crippen molar-refractivity contribution in [2.24, 2.45) is 0 Å². The van der Waals surface area contributed by atoms with Crippen LogP contribution in [0.25, 0.3) is 0 Å². The summed E-state index contributed by atoms with van der Waals surface area (Å²) in [6.45, 7) is 4.27. The van der Waals surface area contributed by atoms with Gasteiger partial charge in [-0.2, -0.15) is 0 Å². The van der Waals surface area contributed by atoms with E-state index < -0.39 is 0 Å². The van der Waals surface area contributed by atoms with E-state index in [1.807, 2.05) is 0 Å². The second-order valence-electron chi connectivity index (χ2n) is 3.79. The van der Waals surface area contributed by atoms with Crippen molar-refractivity contribution in [2.75, 3.05) is 17.3 Å². The maximum atomic E-state index is 11.6. The predicted octanol–water partition coefficient (Wildman–Crippen LogP) is 2.58. The molecule has 0 atom stereocenters. The molecule has 1 amide bonds. The van der Waals surface area contributed by atoms with Gasteiger partial charge in [0.05, 0.1) is 10.7 Å². The van der Waals surface area contributed by atoms with Gasteiger partial charge in [0.1, 0.15) is 5.69 Å². The van der Waals surface area contributed by atoms with Gasteiger partial charge in [0.2, 0.25) is 5.91 Å². The van der Waals surface area contributed by atoms with Gasteiger partial charge in [-0.1, -0.05) is 31.0 Å². The molecule has 0 bridgehead atoms. The monoisotopic (exact) mass is 255 g/mol. The van der Waals surface area contributed by atoms with E-state index in [1.54, 1.807) is 18.2 Å². The Labute approximate surface area is 107 Å². The first-order valence-electron chi connectivity index (χ1n) is 5.66. The van der Waals surface area contributed by atoms with Gasteiger partial charge in [0.15, 0.2) is 0 Å². The molecule has 0 aromatic heterocycles. The minimum Gasteiger partial charge on any atom is -0.397 e. The van der Waals surface area contributed by atoms with Crippen molar-refractivity contribution < 1.29 is 4.79 Å². The van der Waals surface area contributed by atoms with Gasteiger partial charge in [-0.15, -0.1) is 0 Å². The van der Waals surface area contributed by atoms with Crippen molar-refractivity contribution in [3.63, 3.8) is 0 Å². The summed E-state index contributed by atoms with van der Waals surface area (Å²) in [5.41, 5.74) is 9.89. The fraction of sp³-hybridized carbons (Fsp3) is 0.417. The molecule has 1 rings (SSSR count). The Balaban J connectivity index is 2.93. The average molecular weight is 256 g/mol. The number of unbranched alkanes of at least 4 members (excludes halogenated alkanes) is 1. The van der Waals surface area contributed by atoms with Crippen LogP contribution in [0.5, 0.6) is 0 Å². The Hall–Kier alpha value is -1.26. The zero-order valence-electron chi connectivity index (χ0n) is 10.2. The predicted molar refractivity (Wildman–Crippen MR) is 71.9 cm³/mol. The van der Waals surface area contributed by atoms with Crippen LogP contribution >= 0.6 is 11.6 Å². The number of rotatable bonds is 5. The highest BCUT2D eigenvalue weighted by Gasteiger charge is 2.16. The molecule has 0 aliphatic heterocycles. The minimum atomic E-state index is -0.138. The number of nitrogens with one attached hydrogen (secondary N) is 1. The number of anilines is 2. The molecule has 4 nitrogen and oxygen atoms in total. The summed E-state index contributed by atoms with van der Waals surface area (Å²) in [5.74, 6) is -0.138. The van der Waals surface area contributed by atoms with Crippen molar-refractivity contribution >= 4 is 28.9 Å². The lowest BCUT2D eigenvalue weighted by atomic mass is 10.2. The fourth-order valence-electron chi connectivity index (χ4n) is 1.48. The molecule has 0 spiro atoms. The molecule has 0 saturated carbocycles. The fourth-order valence-corrected chi connectivity index (χ4v) is 1.75. The van der Waals surface area contributed by atoms with Crippen LogP contribution < -0.4 is 16.2 Å². The van der Waals surface area contributed by atoms with Gasteiger partial charge in [-0.3, -0.25) is 4.79 Å². The summed E-state index contributed by atoms with van der Waals surface area (Å²) in [6.07, 6.45) is 2.03. The maximum Gasteiger partial charge on any atom is 0.238 e. The van der Waals surface area contributed by atoms with E-state index in [-0.39, 0.29) is 5.91 Å². The van der Waals surface area contributed by atoms with Crippen molar-refractivity contribution in [3.8, 4) is 0 Å². The third-order valence-corrected chi connectivity index (χ3v) is 2.66. The smallest absolute Gasteiger partial charge is 0.238 e. The van der Waals surface area contributed by atoms with Gasteiger partial charge in [-0.05, 0) is 18.6 Å². The summed E-state index contributed by atoms with van der Waals surface area (Å²) in [6, 6.07) is 5.19. The van der Waals surface area contributed by atoms with Gasteiger partial charge in [0.25, 0.3) is 0 Å². The van der Waals surface area contributed by atoms with E-state index in [2.05, 4.69) is 12.3 Å².